The second-order valence-corrected chi connectivity index (χ2v) is 3.70. The third kappa shape index (κ3) is 2.49. The third-order valence-electron chi connectivity index (χ3n) is 2.72. The lowest BCUT2D eigenvalue weighted by Crippen LogP contribution is -2.24. The molecule has 2 unspecified atom stereocenters. The fourth-order valence-corrected chi connectivity index (χ4v) is 1.74. The van der Waals surface area contributed by atoms with Gasteiger partial charge < -0.3 is 5.32 Å². The van der Waals surface area contributed by atoms with Crippen molar-refractivity contribution in [1.82, 2.24) is 5.32 Å². The van der Waals surface area contributed by atoms with Gasteiger partial charge in [-0.2, -0.15) is 0 Å². The quantitative estimate of drug-likeness (QED) is 0.620. The predicted molar refractivity (Wildman–Crippen MR) is 54.1 cm³/mol. The molecule has 0 aliphatic carbocycles. The lowest BCUT2D eigenvalue weighted by atomic mass is 9.92. The zero-order valence-electron chi connectivity index (χ0n) is 7.97. The average molecular weight is 165 g/mol. The molecule has 0 saturated carbocycles. The number of hydrogen-bond donors (Lipinski definition) is 1. The van der Waals surface area contributed by atoms with Crippen molar-refractivity contribution >= 4 is 0 Å². The van der Waals surface area contributed by atoms with E-state index in [9.17, 15) is 0 Å². The minimum atomic E-state index is 0.667. The Balaban J connectivity index is 2.45. The van der Waals surface area contributed by atoms with Gasteiger partial charge in [-0.1, -0.05) is 24.8 Å². The van der Waals surface area contributed by atoms with Gasteiger partial charge in [-0.05, 0) is 38.6 Å². The summed E-state index contributed by atoms with van der Waals surface area (Å²) < 4.78 is 0. The molecule has 0 aromatic rings. The smallest absolute Gasteiger partial charge is 0.00389 e. The van der Waals surface area contributed by atoms with Gasteiger partial charge >= 0.3 is 0 Å². The highest BCUT2D eigenvalue weighted by Crippen LogP contribution is 2.23. The summed E-state index contributed by atoms with van der Waals surface area (Å²) in [6, 6.07) is 0.674. The fourth-order valence-electron chi connectivity index (χ4n) is 1.74. The highest BCUT2D eigenvalue weighted by Gasteiger charge is 2.15. The first-order chi connectivity index (χ1) is 5.74. The number of hydrogen-bond acceptors (Lipinski definition) is 1. The number of rotatable bonds is 2. The molecule has 0 amide bonds. The Kier molecular flexibility index (Phi) is 3.54. The Labute approximate surface area is 75.6 Å². The molecule has 1 aliphatic heterocycles. The van der Waals surface area contributed by atoms with Gasteiger partial charge in [0.2, 0.25) is 0 Å². The van der Waals surface area contributed by atoms with Gasteiger partial charge in [-0.3, -0.25) is 0 Å². The van der Waals surface area contributed by atoms with E-state index in [2.05, 4.69) is 25.4 Å². The van der Waals surface area contributed by atoms with Gasteiger partial charge in [0.25, 0.3) is 0 Å². The van der Waals surface area contributed by atoms with E-state index in [1.165, 1.54) is 24.8 Å². The molecular weight excluding hydrogens is 146 g/mol. The molecule has 1 heterocycles. The standard InChI is InChI=1S/C11H19N/c1-4-9(2)11-6-5-10(3)12-8-7-11/h4,10-12H,1-2,5-8H2,3H3. The van der Waals surface area contributed by atoms with Crippen LogP contribution in [-0.2, 0) is 0 Å². The zero-order chi connectivity index (χ0) is 8.97. The van der Waals surface area contributed by atoms with E-state index < -0.39 is 0 Å². The maximum atomic E-state index is 4.02. The zero-order valence-corrected chi connectivity index (χ0v) is 7.97. The number of nitrogens with one attached hydrogen (secondary N) is 1. The fraction of sp³-hybridized carbons (Fsp3) is 0.636. The van der Waals surface area contributed by atoms with Crippen LogP contribution in [0.4, 0.5) is 0 Å². The van der Waals surface area contributed by atoms with Crippen molar-refractivity contribution in [3.8, 4) is 0 Å². The van der Waals surface area contributed by atoms with Crippen LogP contribution >= 0.6 is 0 Å². The van der Waals surface area contributed by atoms with Crippen LogP contribution in [0.3, 0.4) is 0 Å². The molecule has 1 saturated heterocycles. The summed E-state index contributed by atoms with van der Waals surface area (Å²) in [5.41, 5.74) is 1.21. The minimum absolute atomic E-state index is 0.667. The van der Waals surface area contributed by atoms with E-state index in [1.54, 1.807) is 0 Å². The topological polar surface area (TPSA) is 12.0 Å². The van der Waals surface area contributed by atoms with Crippen LogP contribution in [0.5, 0.6) is 0 Å². The summed E-state index contributed by atoms with van der Waals surface area (Å²) in [6.45, 7) is 11.2. The summed E-state index contributed by atoms with van der Waals surface area (Å²) in [4.78, 5) is 0. The van der Waals surface area contributed by atoms with Gasteiger partial charge in [-0.25, -0.2) is 0 Å². The predicted octanol–water partition coefficient (Wildman–Crippen LogP) is 2.51. The van der Waals surface area contributed by atoms with E-state index in [1.807, 2.05) is 6.08 Å². The molecule has 1 heteroatoms. The van der Waals surface area contributed by atoms with Gasteiger partial charge in [-0.15, -0.1) is 0 Å². The Hall–Kier alpha value is -0.560. The molecule has 1 fully saturated rings. The molecule has 0 aromatic heterocycles. The average Bonchev–Trinajstić information content (AvgIpc) is 2.29. The van der Waals surface area contributed by atoms with Gasteiger partial charge in [0.05, 0.1) is 0 Å². The number of allylic oxidation sites excluding steroid dienone is 2. The molecule has 1 aliphatic rings. The van der Waals surface area contributed by atoms with Crippen molar-refractivity contribution in [3.05, 3.63) is 24.8 Å². The van der Waals surface area contributed by atoms with Crippen molar-refractivity contribution in [2.75, 3.05) is 6.54 Å². The second kappa shape index (κ2) is 4.46. The Morgan fingerprint density at radius 1 is 1.42 bits per heavy atom. The summed E-state index contributed by atoms with van der Waals surface area (Å²) in [5, 5.41) is 3.48. The molecule has 68 valence electrons. The molecule has 1 N–H and O–H groups in total. The summed E-state index contributed by atoms with van der Waals surface area (Å²) in [6.07, 6.45) is 5.65. The van der Waals surface area contributed by atoms with Crippen molar-refractivity contribution in [1.29, 1.82) is 0 Å². The van der Waals surface area contributed by atoms with E-state index in [-0.39, 0.29) is 0 Å². The molecule has 0 radical (unpaired) electrons. The molecule has 0 bridgehead atoms. The van der Waals surface area contributed by atoms with Crippen LogP contribution in [0, 0.1) is 5.92 Å². The third-order valence-corrected chi connectivity index (χ3v) is 2.72. The Morgan fingerprint density at radius 3 is 2.83 bits per heavy atom. The van der Waals surface area contributed by atoms with Crippen molar-refractivity contribution in [2.45, 2.75) is 32.2 Å². The van der Waals surface area contributed by atoms with Gasteiger partial charge in [0.15, 0.2) is 0 Å². The van der Waals surface area contributed by atoms with Crippen LogP contribution in [0.15, 0.2) is 24.8 Å². The largest absolute Gasteiger partial charge is 0.314 e. The molecule has 1 nitrogen and oxygen atoms in total. The molecule has 2 atom stereocenters. The first-order valence-corrected chi connectivity index (χ1v) is 4.78. The van der Waals surface area contributed by atoms with Crippen LogP contribution in [0.1, 0.15) is 26.2 Å². The molecule has 12 heavy (non-hydrogen) atoms. The van der Waals surface area contributed by atoms with Crippen LogP contribution in [0.2, 0.25) is 0 Å². The maximum absolute atomic E-state index is 4.02. The van der Waals surface area contributed by atoms with Crippen molar-refractivity contribution in [3.63, 3.8) is 0 Å². The van der Waals surface area contributed by atoms with Crippen LogP contribution in [0.25, 0.3) is 0 Å². The highest BCUT2D eigenvalue weighted by atomic mass is 14.9. The van der Waals surface area contributed by atoms with Crippen molar-refractivity contribution in [2.24, 2.45) is 5.92 Å². The highest BCUT2D eigenvalue weighted by molar-refractivity contribution is 5.15. The lowest BCUT2D eigenvalue weighted by molar-refractivity contribution is 0.533. The monoisotopic (exact) mass is 165 g/mol. The molecular formula is C11H19N. The summed E-state index contributed by atoms with van der Waals surface area (Å²) >= 11 is 0. The second-order valence-electron chi connectivity index (χ2n) is 3.70. The van der Waals surface area contributed by atoms with Crippen LogP contribution in [-0.4, -0.2) is 12.6 Å². The van der Waals surface area contributed by atoms with E-state index >= 15 is 0 Å². The lowest BCUT2D eigenvalue weighted by Gasteiger charge is -2.13. The molecule has 0 spiro atoms. The summed E-state index contributed by atoms with van der Waals surface area (Å²) in [5.74, 6) is 0.667. The first-order valence-electron chi connectivity index (χ1n) is 4.78. The summed E-state index contributed by atoms with van der Waals surface area (Å²) in [7, 11) is 0. The normalized spacial score (nSPS) is 30.8. The molecule has 1 rings (SSSR count). The molecule has 0 aromatic carbocycles. The van der Waals surface area contributed by atoms with Crippen LogP contribution < -0.4 is 5.32 Å². The maximum Gasteiger partial charge on any atom is 0.00389 e. The minimum Gasteiger partial charge on any atom is -0.314 e. The SMILES string of the molecule is C=CC(=C)C1CCNC(C)CC1. The Morgan fingerprint density at radius 2 is 2.17 bits per heavy atom. The van der Waals surface area contributed by atoms with Gasteiger partial charge in [0.1, 0.15) is 0 Å². The van der Waals surface area contributed by atoms with E-state index in [0.717, 1.165) is 6.54 Å². The first kappa shape index (κ1) is 9.53. The van der Waals surface area contributed by atoms with Crippen molar-refractivity contribution < 1.29 is 0 Å². The van der Waals surface area contributed by atoms with E-state index in [0.29, 0.717) is 12.0 Å². The Bertz CT molecular complexity index is 172. The van der Waals surface area contributed by atoms with E-state index in [4.69, 9.17) is 0 Å². The van der Waals surface area contributed by atoms with Gasteiger partial charge in [0, 0.05) is 6.04 Å².